The van der Waals surface area contributed by atoms with E-state index in [-0.39, 0.29) is 40.4 Å². The molecule has 1 heterocycles. The topological polar surface area (TPSA) is 110 Å². The normalized spacial score (nSPS) is 24.9. The van der Waals surface area contributed by atoms with Gasteiger partial charge >= 0.3 is 0 Å². The van der Waals surface area contributed by atoms with Gasteiger partial charge in [-0.15, -0.1) is 0 Å². The molecule has 2 unspecified atom stereocenters. The summed E-state index contributed by atoms with van der Waals surface area (Å²) in [6.45, 7) is 2.18. The molecule has 1 aliphatic heterocycles. The predicted molar refractivity (Wildman–Crippen MR) is 88.0 cm³/mol. The van der Waals surface area contributed by atoms with Gasteiger partial charge in [0.2, 0.25) is 0 Å². The third-order valence-electron chi connectivity index (χ3n) is 4.83. The van der Waals surface area contributed by atoms with E-state index in [9.17, 15) is 18.0 Å². The molecule has 1 saturated carbocycles. The van der Waals surface area contributed by atoms with Crippen molar-refractivity contribution >= 4 is 21.8 Å². The van der Waals surface area contributed by atoms with Crippen LogP contribution in [0.25, 0.3) is 0 Å². The second kappa shape index (κ2) is 6.18. The molecule has 0 aromatic heterocycles. The van der Waals surface area contributed by atoms with Gasteiger partial charge in [-0.2, -0.15) is 0 Å². The van der Waals surface area contributed by atoms with Crippen LogP contribution < -0.4 is 11.1 Å². The Bertz CT molecular complexity index is 791. The van der Waals surface area contributed by atoms with E-state index in [1.807, 2.05) is 0 Å². The summed E-state index contributed by atoms with van der Waals surface area (Å²) in [7, 11) is -3.86. The number of benzene rings is 1. The lowest BCUT2D eigenvalue weighted by molar-refractivity contribution is 0.0873. The van der Waals surface area contributed by atoms with Gasteiger partial charge in [-0.3, -0.25) is 9.59 Å². The van der Waals surface area contributed by atoms with Crippen LogP contribution in [0, 0.1) is 5.92 Å². The van der Waals surface area contributed by atoms with Crippen LogP contribution in [0.3, 0.4) is 0 Å². The Morgan fingerprint density at radius 3 is 2.79 bits per heavy atom. The number of carbonyl (C=O) groups is 2. The van der Waals surface area contributed by atoms with Crippen LogP contribution in [0.2, 0.25) is 0 Å². The first kappa shape index (κ1) is 16.9. The zero-order valence-corrected chi connectivity index (χ0v) is 14.3. The molecule has 3 rings (SSSR count). The summed E-state index contributed by atoms with van der Waals surface area (Å²) in [4.78, 5) is 24.5. The number of carbonyl (C=O) groups excluding carboxylic acids is 2. The molecule has 0 bridgehead atoms. The van der Waals surface area contributed by atoms with Crippen LogP contribution in [-0.4, -0.2) is 43.7 Å². The minimum absolute atomic E-state index is 0.0149. The van der Waals surface area contributed by atoms with Gasteiger partial charge in [0, 0.05) is 18.2 Å². The SMILES string of the molecule is CCN1C(=O)c2ccc(C(=O)NC3CCCC3CN)cc2S1(=O)=O. The van der Waals surface area contributed by atoms with E-state index >= 15 is 0 Å². The number of rotatable bonds is 4. The van der Waals surface area contributed by atoms with Crippen LogP contribution in [0.15, 0.2) is 23.1 Å². The first-order valence-electron chi connectivity index (χ1n) is 8.12. The molecule has 1 aliphatic carbocycles. The molecule has 2 aliphatic rings. The maximum absolute atomic E-state index is 12.5. The Kier molecular flexibility index (Phi) is 4.35. The van der Waals surface area contributed by atoms with Gasteiger partial charge < -0.3 is 11.1 Å². The Balaban J connectivity index is 1.87. The summed E-state index contributed by atoms with van der Waals surface area (Å²) in [6, 6.07) is 4.21. The number of nitrogens with one attached hydrogen (secondary N) is 1. The lowest BCUT2D eigenvalue weighted by Crippen LogP contribution is -2.39. The fourth-order valence-corrected chi connectivity index (χ4v) is 5.09. The minimum atomic E-state index is -3.86. The van der Waals surface area contributed by atoms with Crippen LogP contribution in [0.1, 0.15) is 46.9 Å². The Morgan fingerprint density at radius 1 is 1.38 bits per heavy atom. The van der Waals surface area contributed by atoms with E-state index in [1.54, 1.807) is 6.92 Å². The summed E-state index contributed by atoms with van der Waals surface area (Å²) >= 11 is 0. The molecule has 0 spiro atoms. The lowest BCUT2D eigenvalue weighted by atomic mass is 10.0. The lowest BCUT2D eigenvalue weighted by Gasteiger charge is -2.19. The molecule has 130 valence electrons. The summed E-state index contributed by atoms with van der Waals surface area (Å²) in [5.74, 6) is -0.622. The average molecular weight is 351 g/mol. The summed E-state index contributed by atoms with van der Waals surface area (Å²) in [5.41, 5.74) is 6.08. The van der Waals surface area contributed by atoms with Crippen LogP contribution >= 0.6 is 0 Å². The van der Waals surface area contributed by atoms with Crippen molar-refractivity contribution in [1.82, 2.24) is 9.62 Å². The smallest absolute Gasteiger partial charge is 0.268 e. The maximum Gasteiger partial charge on any atom is 0.268 e. The number of hydrogen-bond acceptors (Lipinski definition) is 5. The highest BCUT2D eigenvalue weighted by molar-refractivity contribution is 7.90. The van der Waals surface area contributed by atoms with E-state index in [2.05, 4.69) is 5.32 Å². The van der Waals surface area contributed by atoms with Gasteiger partial charge in [-0.05, 0) is 50.4 Å². The third-order valence-corrected chi connectivity index (χ3v) is 6.73. The first-order chi connectivity index (χ1) is 11.4. The average Bonchev–Trinajstić information content (AvgIpc) is 3.08. The molecule has 0 radical (unpaired) electrons. The van der Waals surface area contributed by atoms with Crippen molar-refractivity contribution in [2.75, 3.05) is 13.1 Å². The highest BCUT2D eigenvalue weighted by Gasteiger charge is 2.40. The zero-order chi connectivity index (χ0) is 17.5. The minimum Gasteiger partial charge on any atom is -0.349 e. The van der Waals surface area contributed by atoms with E-state index in [0.29, 0.717) is 6.54 Å². The molecule has 1 fully saturated rings. The van der Waals surface area contributed by atoms with Crippen molar-refractivity contribution in [3.8, 4) is 0 Å². The van der Waals surface area contributed by atoms with Crippen LogP contribution in [0.5, 0.6) is 0 Å². The molecular formula is C16H21N3O4S. The molecule has 0 saturated heterocycles. The van der Waals surface area contributed by atoms with Crippen molar-refractivity contribution in [3.05, 3.63) is 29.3 Å². The Morgan fingerprint density at radius 2 is 2.12 bits per heavy atom. The monoisotopic (exact) mass is 351 g/mol. The second-order valence-electron chi connectivity index (χ2n) is 6.19. The Labute approximate surface area is 141 Å². The van der Waals surface area contributed by atoms with Gasteiger partial charge in [0.25, 0.3) is 21.8 Å². The molecule has 2 amide bonds. The molecule has 2 atom stereocenters. The number of hydrogen-bond donors (Lipinski definition) is 2. The molecule has 1 aromatic carbocycles. The summed E-state index contributed by atoms with van der Waals surface area (Å²) < 4.78 is 25.6. The van der Waals surface area contributed by atoms with Gasteiger partial charge in [-0.1, -0.05) is 6.42 Å². The van der Waals surface area contributed by atoms with Gasteiger partial charge in [0.05, 0.1) is 5.56 Å². The van der Waals surface area contributed by atoms with E-state index in [1.165, 1.54) is 18.2 Å². The fourth-order valence-electron chi connectivity index (χ4n) is 3.49. The highest BCUT2D eigenvalue weighted by atomic mass is 32.2. The van der Waals surface area contributed by atoms with Gasteiger partial charge in [-0.25, -0.2) is 12.7 Å². The number of nitrogens with two attached hydrogens (primary N) is 1. The number of sulfonamides is 1. The highest BCUT2D eigenvalue weighted by Crippen LogP contribution is 2.31. The molecule has 24 heavy (non-hydrogen) atoms. The van der Waals surface area contributed by atoms with Gasteiger partial charge in [0.1, 0.15) is 4.90 Å². The van der Waals surface area contributed by atoms with E-state index in [0.717, 1.165) is 23.6 Å². The largest absolute Gasteiger partial charge is 0.349 e. The van der Waals surface area contributed by atoms with Crippen LogP contribution in [0.4, 0.5) is 0 Å². The van der Waals surface area contributed by atoms with Crippen LogP contribution in [-0.2, 0) is 10.0 Å². The molecule has 3 N–H and O–H groups in total. The number of amides is 2. The number of fused-ring (bicyclic) bond motifs is 1. The number of nitrogens with zero attached hydrogens (tertiary/aromatic N) is 1. The van der Waals surface area contributed by atoms with E-state index in [4.69, 9.17) is 5.73 Å². The quantitative estimate of drug-likeness (QED) is 0.830. The second-order valence-corrected chi connectivity index (χ2v) is 8.02. The molecule has 1 aromatic rings. The van der Waals surface area contributed by atoms with Crippen molar-refractivity contribution in [3.63, 3.8) is 0 Å². The molecular weight excluding hydrogens is 330 g/mol. The summed E-state index contributed by atoms with van der Waals surface area (Å²) in [6.07, 6.45) is 2.88. The summed E-state index contributed by atoms with van der Waals surface area (Å²) in [5, 5.41) is 2.94. The third kappa shape index (κ3) is 2.59. The zero-order valence-electron chi connectivity index (χ0n) is 13.5. The van der Waals surface area contributed by atoms with Gasteiger partial charge in [0.15, 0.2) is 0 Å². The van der Waals surface area contributed by atoms with E-state index < -0.39 is 15.9 Å². The fraction of sp³-hybridized carbons (Fsp3) is 0.500. The Hall–Kier alpha value is -1.93. The van der Waals surface area contributed by atoms with Crippen molar-refractivity contribution < 1.29 is 18.0 Å². The van der Waals surface area contributed by atoms with Crippen molar-refractivity contribution in [2.24, 2.45) is 11.7 Å². The first-order valence-corrected chi connectivity index (χ1v) is 9.56. The predicted octanol–water partition coefficient (Wildman–Crippen LogP) is 0.708. The van der Waals surface area contributed by atoms with Crippen molar-refractivity contribution in [1.29, 1.82) is 0 Å². The molecule has 8 heteroatoms. The molecule has 7 nitrogen and oxygen atoms in total. The maximum atomic E-state index is 12.5. The van der Waals surface area contributed by atoms with Crippen molar-refractivity contribution in [2.45, 2.75) is 37.1 Å². The standard InChI is InChI=1S/C16H21N3O4S/c1-2-19-16(21)12-7-6-10(8-14(12)24(19,22)23)15(20)18-13-5-3-4-11(13)9-17/h6-8,11,13H,2-5,9,17H2,1H3,(H,18,20).